The average Bonchev–Trinajstić information content (AvgIpc) is 2.29. The molecule has 0 unspecified atom stereocenters. The molecule has 3 heteroatoms. The van der Waals surface area contributed by atoms with Gasteiger partial charge in [0.05, 0.1) is 6.10 Å². The molecule has 0 atom stereocenters. The Morgan fingerprint density at radius 2 is 1.88 bits per heavy atom. The van der Waals surface area contributed by atoms with Gasteiger partial charge in [-0.3, -0.25) is 0 Å². The second-order valence-electron chi connectivity index (χ2n) is 5.79. The third-order valence-electron chi connectivity index (χ3n) is 4.30. The maximum atomic E-state index is 5.92. The highest BCUT2D eigenvalue weighted by Gasteiger charge is 2.24. The fraction of sp³-hybridized carbons (Fsp3) is 1.00. The number of ether oxygens (including phenoxy) is 1. The fourth-order valence-corrected chi connectivity index (χ4v) is 2.91. The molecule has 1 aliphatic heterocycles. The van der Waals surface area contributed by atoms with Crippen molar-refractivity contribution in [3.63, 3.8) is 0 Å². The predicted octanol–water partition coefficient (Wildman–Crippen LogP) is 2.00. The van der Waals surface area contributed by atoms with Crippen molar-refractivity contribution >= 4 is 0 Å². The van der Waals surface area contributed by atoms with Crippen LogP contribution in [0.3, 0.4) is 0 Å². The van der Waals surface area contributed by atoms with Crippen molar-refractivity contribution in [3.8, 4) is 0 Å². The largest absolute Gasteiger partial charge is 0.378 e. The molecule has 1 saturated carbocycles. The summed E-state index contributed by atoms with van der Waals surface area (Å²) < 4.78 is 5.92. The molecule has 0 aromatic heterocycles. The highest BCUT2D eigenvalue weighted by molar-refractivity contribution is 4.78. The van der Waals surface area contributed by atoms with Gasteiger partial charge in [-0.15, -0.1) is 0 Å². The average molecular weight is 240 g/mol. The molecule has 0 radical (unpaired) electrons. The van der Waals surface area contributed by atoms with E-state index in [1.165, 1.54) is 45.3 Å². The van der Waals surface area contributed by atoms with Gasteiger partial charge in [-0.1, -0.05) is 13.3 Å². The van der Waals surface area contributed by atoms with Gasteiger partial charge in [-0.25, -0.2) is 0 Å². The second kappa shape index (κ2) is 6.72. The Balaban J connectivity index is 1.44. The first kappa shape index (κ1) is 13.3. The molecule has 1 heterocycles. The van der Waals surface area contributed by atoms with E-state index < -0.39 is 0 Å². The van der Waals surface area contributed by atoms with Gasteiger partial charge in [-0.05, 0) is 38.0 Å². The van der Waals surface area contributed by atoms with E-state index in [-0.39, 0.29) is 0 Å². The maximum Gasteiger partial charge on any atom is 0.0576 e. The first-order valence-electron chi connectivity index (χ1n) is 7.37. The van der Waals surface area contributed by atoms with E-state index in [0.717, 1.165) is 25.4 Å². The Kier molecular flexibility index (Phi) is 5.26. The Labute approximate surface area is 106 Å². The number of hydrogen-bond donors (Lipinski definition) is 1. The van der Waals surface area contributed by atoms with Gasteiger partial charge in [0.15, 0.2) is 0 Å². The Morgan fingerprint density at radius 3 is 2.53 bits per heavy atom. The van der Waals surface area contributed by atoms with Crippen LogP contribution in [0.1, 0.15) is 45.4 Å². The lowest BCUT2D eigenvalue weighted by Gasteiger charge is -2.39. The van der Waals surface area contributed by atoms with E-state index in [1.54, 1.807) is 0 Å². The van der Waals surface area contributed by atoms with Crippen LogP contribution in [0.5, 0.6) is 0 Å². The molecule has 2 rings (SSSR count). The first-order valence-corrected chi connectivity index (χ1v) is 7.37. The molecule has 17 heavy (non-hydrogen) atoms. The molecule has 0 aromatic carbocycles. The van der Waals surface area contributed by atoms with Crippen molar-refractivity contribution in [2.75, 3.05) is 26.2 Å². The van der Waals surface area contributed by atoms with Crippen LogP contribution in [0.15, 0.2) is 0 Å². The highest BCUT2D eigenvalue weighted by Crippen LogP contribution is 2.21. The summed E-state index contributed by atoms with van der Waals surface area (Å²) in [5.74, 6) is 0.968. The van der Waals surface area contributed by atoms with Crippen molar-refractivity contribution in [1.29, 1.82) is 0 Å². The molecular formula is C14H28N2O. The Morgan fingerprint density at radius 1 is 1.18 bits per heavy atom. The molecule has 0 aromatic rings. The van der Waals surface area contributed by atoms with E-state index in [1.807, 2.05) is 0 Å². The fourth-order valence-electron chi connectivity index (χ4n) is 2.91. The zero-order chi connectivity index (χ0) is 12.1. The smallest absolute Gasteiger partial charge is 0.0576 e. The summed E-state index contributed by atoms with van der Waals surface area (Å²) in [5.41, 5.74) is 5.88. The van der Waals surface area contributed by atoms with Crippen LogP contribution in [0, 0.1) is 5.92 Å². The lowest BCUT2D eigenvalue weighted by molar-refractivity contribution is 0.0131. The van der Waals surface area contributed by atoms with Crippen LogP contribution in [0.25, 0.3) is 0 Å². The van der Waals surface area contributed by atoms with E-state index in [0.29, 0.717) is 12.1 Å². The van der Waals surface area contributed by atoms with Gasteiger partial charge < -0.3 is 15.4 Å². The second-order valence-corrected chi connectivity index (χ2v) is 5.79. The number of hydrogen-bond acceptors (Lipinski definition) is 3. The van der Waals surface area contributed by atoms with E-state index >= 15 is 0 Å². The minimum absolute atomic E-state index is 0.432. The Bertz CT molecular complexity index is 208. The molecule has 100 valence electrons. The normalized spacial score (nSPS) is 31.4. The van der Waals surface area contributed by atoms with Gasteiger partial charge in [0.25, 0.3) is 0 Å². The summed E-state index contributed by atoms with van der Waals surface area (Å²) >= 11 is 0. The standard InChI is InChI=1S/C14H28N2O/c1-2-12-10-16(11-12)8-3-9-17-14-6-4-13(15)5-7-14/h12-14H,2-11,15H2,1H3. The summed E-state index contributed by atoms with van der Waals surface area (Å²) in [6, 6.07) is 0.432. The summed E-state index contributed by atoms with van der Waals surface area (Å²) in [4.78, 5) is 2.55. The third kappa shape index (κ3) is 4.23. The SMILES string of the molecule is CCC1CN(CCCOC2CCC(N)CC2)C1. The van der Waals surface area contributed by atoms with Crippen molar-refractivity contribution in [1.82, 2.24) is 4.90 Å². The lowest BCUT2D eigenvalue weighted by atomic mass is 9.94. The predicted molar refractivity (Wildman–Crippen MR) is 71.0 cm³/mol. The molecule has 2 N–H and O–H groups in total. The Hall–Kier alpha value is -0.120. The van der Waals surface area contributed by atoms with E-state index in [9.17, 15) is 0 Å². The molecule has 0 spiro atoms. The van der Waals surface area contributed by atoms with E-state index in [4.69, 9.17) is 10.5 Å². The van der Waals surface area contributed by atoms with Gasteiger partial charge in [0.1, 0.15) is 0 Å². The van der Waals surface area contributed by atoms with Crippen molar-refractivity contribution < 1.29 is 4.74 Å². The van der Waals surface area contributed by atoms with Crippen LogP contribution < -0.4 is 5.73 Å². The van der Waals surface area contributed by atoms with Crippen molar-refractivity contribution in [3.05, 3.63) is 0 Å². The number of nitrogens with zero attached hydrogens (tertiary/aromatic N) is 1. The first-order chi connectivity index (χ1) is 8.28. The van der Waals surface area contributed by atoms with Crippen LogP contribution in [0.2, 0.25) is 0 Å². The van der Waals surface area contributed by atoms with Crippen molar-refractivity contribution in [2.24, 2.45) is 11.7 Å². The minimum atomic E-state index is 0.432. The summed E-state index contributed by atoms with van der Waals surface area (Å²) in [6.07, 6.45) is 7.67. The van der Waals surface area contributed by atoms with Crippen LogP contribution in [-0.4, -0.2) is 43.3 Å². The van der Waals surface area contributed by atoms with Crippen molar-refractivity contribution in [2.45, 2.75) is 57.6 Å². The molecule has 0 amide bonds. The quantitative estimate of drug-likeness (QED) is 0.722. The summed E-state index contributed by atoms with van der Waals surface area (Å²) in [6.45, 7) is 7.08. The lowest BCUT2D eigenvalue weighted by Crippen LogP contribution is -2.46. The zero-order valence-electron chi connectivity index (χ0n) is 11.2. The van der Waals surface area contributed by atoms with E-state index in [2.05, 4.69) is 11.8 Å². The highest BCUT2D eigenvalue weighted by atomic mass is 16.5. The molecule has 1 aliphatic carbocycles. The monoisotopic (exact) mass is 240 g/mol. The van der Waals surface area contributed by atoms with Crippen LogP contribution in [0.4, 0.5) is 0 Å². The molecular weight excluding hydrogens is 212 g/mol. The van der Waals surface area contributed by atoms with Crippen LogP contribution in [-0.2, 0) is 4.74 Å². The zero-order valence-corrected chi connectivity index (χ0v) is 11.2. The number of rotatable bonds is 6. The molecule has 0 bridgehead atoms. The minimum Gasteiger partial charge on any atom is -0.378 e. The number of nitrogens with two attached hydrogens (primary N) is 1. The maximum absolute atomic E-state index is 5.92. The molecule has 2 fully saturated rings. The molecule has 3 nitrogen and oxygen atoms in total. The van der Waals surface area contributed by atoms with Gasteiger partial charge in [-0.2, -0.15) is 0 Å². The topological polar surface area (TPSA) is 38.5 Å². The number of likely N-dealkylation sites (tertiary alicyclic amines) is 1. The van der Waals surface area contributed by atoms with Gasteiger partial charge in [0, 0.05) is 32.3 Å². The molecule has 1 saturated heterocycles. The summed E-state index contributed by atoms with van der Waals surface area (Å²) in [7, 11) is 0. The van der Waals surface area contributed by atoms with Crippen LogP contribution >= 0.6 is 0 Å². The van der Waals surface area contributed by atoms with Gasteiger partial charge in [0.2, 0.25) is 0 Å². The van der Waals surface area contributed by atoms with Gasteiger partial charge >= 0.3 is 0 Å². The third-order valence-corrected chi connectivity index (χ3v) is 4.30. The molecule has 2 aliphatic rings. The summed E-state index contributed by atoms with van der Waals surface area (Å²) in [5, 5.41) is 0.